The minimum atomic E-state index is -0.408. The fourth-order valence-electron chi connectivity index (χ4n) is 1.22. The van der Waals surface area contributed by atoms with Crippen molar-refractivity contribution in [3.63, 3.8) is 0 Å². The predicted molar refractivity (Wildman–Crippen MR) is 55.0 cm³/mol. The van der Waals surface area contributed by atoms with Gasteiger partial charge in [0.1, 0.15) is 6.34 Å². The van der Waals surface area contributed by atoms with Gasteiger partial charge in [-0.05, 0) is 22.4 Å². The zero-order chi connectivity index (χ0) is 9.68. The molecule has 0 bridgehead atoms. The fraction of sp³-hybridized carbons (Fsp3) is 0.875. The molecule has 1 unspecified atom stereocenters. The molecule has 0 amide bonds. The van der Waals surface area contributed by atoms with Crippen LogP contribution in [0.4, 0.5) is 4.48 Å². The summed E-state index contributed by atoms with van der Waals surface area (Å²) in [6, 6.07) is 0. The van der Waals surface area contributed by atoms with E-state index in [0.29, 0.717) is 5.12 Å². The van der Waals surface area contributed by atoms with Crippen molar-refractivity contribution in [1.29, 1.82) is 0 Å². The van der Waals surface area contributed by atoms with Gasteiger partial charge in [0.05, 0.1) is 0 Å². The lowest BCUT2D eigenvalue weighted by atomic mass is 10.2. The molecule has 1 aliphatic rings. The Balaban J connectivity index is 2.12. The largest absolute Gasteiger partial charge is 0.260 e. The lowest BCUT2D eigenvalue weighted by Crippen LogP contribution is -2.30. The lowest BCUT2D eigenvalue weighted by molar-refractivity contribution is 0.0615. The Bertz CT molecular complexity index is 177. The third kappa shape index (κ3) is 3.14. The van der Waals surface area contributed by atoms with Gasteiger partial charge in [-0.2, -0.15) is 10.2 Å². The number of hydrogen-bond acceptors (Lipinski definition) is 3. The van der Waals surface area contributed by atoms with Gasteiger partial charge in [-0.1, -0.05) is 30.7 Å². The lowest BCUT2D eigenvalue weighted by Gasteiger charge is -2.19. The highest BCUT2D eigenvalue weighted by atomic mass is 79.9. The molecule has 0 spiro atoms. The van der Waals surface area contributed by atoms with Crippen molar-refractivity contribution in [1.82, 2.24) is 10.1 Å². The molecule has 1 heterocycles. The van der Waals surface area contributed by atoms with E-state index in [1.165, 1.54) is 25.6 Å². The Labute approximate surface area is 86.6 Å². The molecular formula is C8H15BrFN3. The van der Waals surface area contributed by atoms with Crippen molar-refractivity contribution in [2.24, 2.45) is 5.10 Å². The summed E-state index contributed by atoms with van der Waals surface area (Å²) in [5, 5.41) is 5.76. The van der Waals surface area contributed by atoms with Crippen LogP contribution in [0.2, 0.25) is 0 Å². The van der Waals surface area contributed by atoms with Crippen LogP contribution in [0.5, 0.6) is 0 Å². The summed E-state index contributed by atoms with van der Waals surface area (Å²) in [5.74, 6) is 0. The highest BCUT2D eigenvalue weighted by Gasteiger charge is 2.24. The molecule has 5 heteroatoms. The molecule has 0 saturated heterocycles. The molecule has 0 aromatic heterocycles. The second-order valence-electron chi connectivity index (χ2n) is 3.11. The van der Waals surface area contributed by atoms with Gasteiger partial charge in [0.15, 0.2) is 0 Å². The molecule has 13 heavy (non-hydrogen) atoms. The topological polar surface area (TPSA) is 18.8 Å². The third-order valence-corrected chi connectivity index (χ3v) is 2.86. The van der Waals surface area contributed by atoms with E-state index in [4.69, 9.17) is 0 Å². The summed E-state index contributed by atoms with van der Waals surface area (Å²) in [6.07, 6.45) is 5.91. The fourth-order valence-corrected chi connectivity index (χ4v) is 1.63. The first-order valence-electron chi connectivity index (χ1n) is 4.64. The maximum atomic E-state index is 12.7. The highest BCUT2D eigenvalue weighted by molar-refractivity contribution is 9.09. The number of halogens is 2. The van der Waals surface area contributed by atoms with Gasteiger partial charge >= 0.3 is 0 Å². The summed E-state index contributed by atoms with van der Waals surface area (Å²) in [7, 11) is 0. The Hall–Kier alpha value is -0.320. The minimum Gasteiger partial charge on any atom is -0.260 e. The van der Waals surface area contributed by atoms with Crippen molar-refractivity contribution in [3.05, 3.63) is 0 Å². The first kappa shape index (κ1) is 10.8. The summed E-state index contributed by atoms with van der Waals surface area (Å²) in [5.41, 5.74) is 0. The van der Waals surface area contributed by atoms with Crippen LogP contribution in [0.25, 0.3) is 0 Å². The molecule has 0 aromatic carbocycles. The molecule has 3 nitrogen and oxygen atoms in total. The number of hydrogen-bond donors (Lipinski definition) is 0. The zero-order valence-electron chi connectivity index (χ0n) is 7.79. The van der Waals surface area contributed by atoms with E-state index in [2.05, 4.69) is 28.0 Å². The first-order valence-corrected chi connectivity index (χ1v) is 5.56. The normalized spacial score (nSPS) is 21.6. The Morgan fingerprint density at radius 3 is 2.77 bits per heavy atom. The van der Waals surface area contributed by atoms with Crippen LogP contribution in [-0.2, 0) is 0 Å². The third-order valence-electron chi connectivity index (χ3n) is 2.00. The number of hydrazone groups is 1. The van der Waals surface area contributed by atoms with E-state index in [9.17, 15) is 4.48 Å². The molecule has 0 aliphatic carbocycles. The van der Waals surface area contributed by atoms with E-state index in [0.717, 1.165) is 13.0 Å². The van der Waals surface area contributed by atoms with Crippen LogP contribution in [0.1, 0.15) is 32.6 Å². The molecular weight excluding hydrogens is 237 g/mol. The van der Waals surface area contributed by atoms with Crippen molar-refractivity contribution in [2.75, 3.05) is 6.54 Å². The van der Waals surface area contributed by atoms with E-state index >= 15 is 0 Å². The molecule has 1 aliphatic heterocycles. The average Bonchev–Trinajstić information content (AvgIpc) is 2.43. The van der Waals surface area contributed by atoms with Crippen LogP contribution in [-0.4, -0.2) is 28.1 Å². The van der Waals surface area contributed by atoms with Crippen LogP contribution in [0, 0.1) is 0 Å². The quantitative estimate of drug-likeness (QED) is 0.324. The van der Waals surface area contributed by atoms with Crippen molar-refractivity contribution in [2.45, 2.75) is 37.7 Å². The van der Waals surface area contributed by atoms with E-state index < -0.39 is 5.08 Å². The summed E-state index contributed by atoms with van der Waals surface area (Å²) < 4.78 is 12.7. The average molecular weight is 252 g/mol. The standard InChI is InChI=1S/C8H15BrFN3/c1-2-3-4-5-6-13-8(9)12(10)7-11-13/h7-8H,2-6H2,1H3. The van der Waals surface area contributed by atoms with Gasteiger partial charge < -0.3 is 0 Å². The predicted octanol–water partition coefficient (Wildman–Crippen LogP) is 2.69. The van der Waals surface area contributed by atoms with E-state index in [1.54, 1.807) is 5.01 Å². The van der Waals surface area contributed by atoms with Crippen LogP contribution in [0.3, 0.4) is 0 Å². The second kappa shape index (κ2) is 5.42. The van der Waals surface area contributed by atoms with Gasteiger partial charge in [0.25, 0.3) is 0 Å². The molecule has 0 N–H and O–H groups in total. The maximum Gasteiger partial charge on any atom is 0.204 e. The highest BCUT2D eigenvalue weighted by Crippen LogP contribution is 2.18. The Kier molecular flexibility index (Phi) is 4.48. The van der Waals surface area contributed by atoms with Gasteiger partial charge in [-0.15, -0.1) is 0 Å². The smallest absolute Gasteiger partial charge is 0.204 e. The van der Waals surface area contributed by atoms with E-state index in [1.807, 2.05) is 0 Å². The number of rotatable bonds is 5. The van der Waals surface area contributed by atoms with Crippen LogP contribution < -0.4 is 0 Å². The first-order chi connectivity index (χ1) is 6.25. The molecule has 0 saturated carbocycles. The van der Waals surface area contributed by atoms with Crippen LogP contribution in [0.15, 0.2) is 5.10 Å². The second-order valence-corrected chi connectivity index (χ2v) is 3.93. The molecule has 1 rings (SSSR count). The summed E-state index contributed by atoms with van der Waals surface area (Å²) in [4.78, 5) is 0. The molecule has 1 atom stereocenters. The molecule has 0 radical (unpaired) electrons. The molecule has 76 valence electrons. The van der Waals surface area contributed by atoms with Gasteiger partial charge in [-0.3, -0.25) is 5.01 Å². The van der Waals surface area contributed by atoms with Crippen molar-refractivity contribution < 1.29 is 4.48 Å². The SMILES string of the molecule is CCCCCCN1N=CN(F)C1Br. The number of unbranched alkanes of at least 4 members (excludes halogenated alkanes) is 3. The minimum absolute atomic E-state index is 0.408. The monoisotopic (exact) mass is 251 g/mol. The maximum absolute atomic E-state index is 12.7. The molecule has 0 aromatic rings. The zero-order valence-corrected chi connectivity index (χ0v) is 9.37. The summed E-state index contributed by atoms with van der Waals surface area (Å²) >= 11 is 3.19. The van der Waals surface area contributed by atoms with Crippen molar-refractivity contribution in [3.8, 4) is 0 Å². The van der Waals surface area contributed by atoms with Gasteiger partial charge in [0, 0.05) is 6.54 Å². The van der Waals surface area contributed by atoms with Gasteiger partial charge in [-0.25, -0.2) is 0 Å². The van der Waals surface area contributed by atoms with E-state index in [-0.39, 0.29) is 0 Å². The van der Waals surface area contributed by atoms with Gasteiger partial charge in [0.2, 0.25) is 5.08 Å². The van der Waals surface area contributed by atoms with Crippen molar-refractivity contribution >= 4 is 22.3 Å². The number of nitrogens with zero attached hydrogens (tertiary/aromatic N) is 3. The van der Waals surface area contributed by atoms with Crippen LogP contribution >= 0.6 is 15.9 Å². The Morgan fingerprint density at radius 1 is 1.46 bits per heavy atom. The molecule has 0 fully saturated rings. The number of alkyl halides is 1. The Morgan fingerprint density at radius 2 is 2.23 bits per heavy atom. The summed E-state index contributed by atoms with van der Waals surface area (Å²) in [6.45, 7) is 2.98.